The Hall–Kier alpha value is -1.73. The van der Waals surface area contributed by atoms with E-state index in [1.165, 1.54) is 12.1 Å². The lowest BCUT2D eigenvalue weighted by atomic mass is 10.2. The summed E-state index contributed by atoms with van der Waals surface area (Å²) in [6.07, 6.45) is 0.211. The molecular weight excluding hydrogens is 270 g/mol. The normalized spacial score (nSPS) is 18.9. The minimum Gasteiger partial charge on any atom is -0.433 e. The molecule has 1 aliphatic rings. The molecule has 0 saturated carbocycles. The van der Waals surface area contributed by atoms with Crippen LogP contribution in [0.2, 0.25) is 0 Å². The van der Waals surface area contributed by atoms with Crippen molar-refractivity contribution < 1.29 is 23.0 Å². The van der Waals surface area contributed by atoms with E-state index in [0.717, 1.165) is 0 Å². The molecule has 1 amide bonds. The van der Waals surface area contributed by atoms with E-state index in [2.05, 4.69) is 15.4 Å². The van der Waals surface area contributed by atoms with E-state index in [9.17, 15) is 13.6 Å². The summed E-state index contributed by atoms with van der Waals surface area (Å²) in [6.45, 7) is -1.14. The van der Waals surface area contributed by atoms with Gasteiger partial charge in [0, 0.05) is 19.0 Å². The fourth-order valence-corrected chi connectivity index (χ4v) is 1.94. The summed E-state index contributed by atoms with van der Waals surface area (Å²) in [5, 5.41) is 5.72. The van der Waals surface area contributed by atoms with Crippen molar-refractivity contribution in [3.05, 3.63) is 24.3 Å². The lowest BCUT2D eigenvalue weighted by Gasteiger charge is -2.23. The number of morpholine rings is 1. The maximum atomic E-state index is 12.2. The summed E-state index contributed by atoms with van der Waals surface area (Å²) < 4.78 is 34.1. The monoisotopic (exact) mass is 286 g/mol. The predicted molar refractivity (Wildman–Crippen MR) is 68.9 cm³/mol. The van der Waals surface area contributed by atoms with E-state index >= 15 is 0 Å². The Labute approximate surface area is 115 Å². The van der Waals surface area contributed by atoms with Crippen LogP contribution in [-0.2, 0) is 9.53 Å². The number of halogens is 2. The molecule has 1 fully saturated rings. The molecule has 1 aromatic carbocycles. The average molecular weight is 286 g/mol. The van der Waals surface area contributed by atoms with E-state index in [0.29, 0.717) is 19.8 Å². The Balaban J connectivity index is 1.93. The first kappa shape index (κ1) is 14.7. The predicted octanol–water partition coefficient (Wildman–Crippen LogP) is 1.60. The van der Waals surface area contributed by atoms with Gasteiger partial charge in [0.25, 0.3) is 0 Å². The molecular formula is C13H16F2N2O3. The number of nitrogens with one attached hydrogen (secondary N) is 2. The smallest absolute Gasteiger partial charge is 0.387 e. The summed E-state index contributed by atoms with van der Waals surface area (Å²) in [6, 6.07) is 6.02. The molecule has 7 heteroatoms. The van der Waals surface area contributed by atoms with Gasteiger partial charge in [0.2, 0.25) is 5.91 Å². The van der Waals surface area contributed by atoms with E-state index in [1.807, 2.05) is 0 Å². The molecule has 1 unspecified atom stereocenters. The molecule has 2 N–H and O–H groups in total. The molecule has 110 valence electrons. The zero-order chi connectivity index (χ0) is 14.4. The summed E-state index contributed by atoms with van der Waals surface area (Å²) >= 11 is 0. The van der Waals surface area contributed by atoms with Crippen LogP contribution in [0, 0.1) is 0 Å². The van der Waals surface area contributed by atoms with Crippen molar-refractivity contribution in [3.8, 4) is 5.75 Å². The number of hydrogen-bond donors (Lipinski definition) is 2. The molecule has 1 aromatic rings. The molecule has 5 nitrogen and oxygen atoms in total. The Morgan fingerprint density at radius 1 is 1.50 bits per heavy atom. The second-order valence-corrected chi connectivity index (χ2v) is 4.35. The largest absolute Gasteiger partial charge is 0.433 e. The Morgan fingerprint density at radius 2 is 2.30 bits per heavy atom. The fourth-order valence-electron chi connectivity index (χ4n) is 1.94. The van der Waals surface area contributed by atoms with Gasteiger partial charge in [-0.2, -0.15) is 8.78 Å². The first-order valence-electron chi connectivity index (χ1n) is 6.30. The van der Waals surface area contributed by atoms with Crippen molar-refractivity contribution in [2.24, 2.45) is 0 Å². The number of carbonyl (C=O) groups is 1. The minimum absolute atomic E-state index is 0.0521. The molecule has 0 radical (unpaired) electrons. The van der Waals surface area contributed by atoms with Crippen LogP contribution < -0.4 is 15.4 Å². The van der Waals surface area contributed by atoms with Crippen LogP contribution in [0.3, 0.4) is 0 Å². The third-order valence-electron chi connectivity index (χ3n) is 2.81. The highest BCUT2D eigenvalue weighted by atomic mass is 19.3. The van der Waals surface area contributed by atoms with Crippen LogP contribution in [0.25, 0.3) is 0 Å². The zero-order valence-corrected chi connectivity index (χ0v) is 10.8. The second-order valence-electron chi connectivity index (χ2n) is 4.35. The van der Waals surface area contributed by atoms with Gasteiger partial charge >= 0.3 is 6.61 Å². The Bertz CT molecular complexity index is 451. The van der Waals surface area contributed by atoms with Crippen molar-refractivity contribution in [1.82, 2.24) is 5.32 Å². The van der Waals surface area contributed by atoms with Gasteiger partial charge in [0.05, 0.1) is 18.9 Å². The van der Waals surface area contributed by atoms with Crippen molar-refractivity contribution in [2.75, 3.05) is 25.1 Å². The van der Waals surface area contributed by atoms with Gasteiger partial charge in [0.15, 0.2) is 0 Å². The van der Waals surface area contributed by atoms with Crippen LogP contribution in [0.15, 0.2) is 24.3 Å². The minimum atomic E-state index is -2.93. The Kier molecular flexibility index (Phi) is 5.25. The number of ether oxygens (including phenoxy) is 2. The maximum Gasteiger partial charge on any atom is 0.387 e. The van der Waals surface area contributed by atoms with Crippen molar-refractivity contribution >= 4 is 11.6 Å². The number of anilines is 1. The molecule has 2 rings (SSSR count). The van der Waals surface area contributed by atoms with Crippen molar-refractivity contribution in [3.63, 3.8) is 0 Å². The quantitative estimate of drug-likeness (QED) is 0.863. The summed E-state index contributed by atoms with van der Waals surface area (Å²) in [5.74, 6) is -0.331. The molecule has 1 heterocycles. The molecule has 1 aliphatic heterocycles. The van der Waals surface area contributed by atoms with Gasteiger partial charge in [-0.1, -0.05) is 12.1 Å². The number of amides is 1. The average Bonchev–Trinajstić information content (AvgIpc) is 2.41. The zero-order valence-electron chi connectivity index (χ0n) is 10.8. The molecule has 1 saturated heterocycles. The van der Waals surface area contributed by atoms with E-state index in [-0.39, 0.29) is 29.8 Å². The molecule has 20 heavy (non-hydrogen) atoms. The number of benzene rings is 1. The van der Waals surface area contributed by atoms with Crippen LogP contribution in [0.5, 0.6) is 5.75 Å². The highest BCUT2D eigenvalue weighted by molar-refractivity contribution is 5.92. The Morgan fingerprint density at radius 3 is 3.00 bits per heavy atom. The van der Waals surface area contributed by atoms with Crippen LogP contribution in [0.1, 0.15) is 6.42 Å². The highest BCUT2D eigenvalue weighted by Crippen LogP contribution is 2.25. The summed E-state index contributed by atoms with van der Waals surface area (Å²) in [7, 11) is 0. The number of rotatable bonds is 5. The third kappa shape index (κ3) is 4.43. The first-order chi connectivity index (χ1) is 9.65. The highest BCUT2D eigenvalue weighted by Gasteiger charge is 2.18. The topological polar surface area (TPSA) is 59.6 Å². The molecule has 0 aromatic heterocycles. The van der Waals surface area contributed by atoms with Crippen molar-refractivity contribution in [2.45, 2.75) is 19.1 Å². The van der Waals surface area contributed by atoms with Gasteiger partial charge in [-0.3, -0.25) is 4.79 Å². The van der Waals surface area contributed by atoms with Gasteiger partial charge in [-0.15, -0.1) is 0 Å². The van der Waals surface area contributed by atoms with Gasteiger partial charge in [-0.05, 0) is 12.1 Å². The second kappa shape index (κ2) is 7.16. The van der Waals surface area contributed by atoms with Crippen molar-refractivity contribution in [1.29, 1.82) is 0 Å². The lowest BCUT2D eigenvalue weighted by molar-refractivity contribution is -0.117. The molecule has 0 bridgehead atoms. The number of alkyl halides is 2. The van der Waals surface area contributed by atoms with Crippen LogP contribution in [0.4, 0.5) is 14.5 Å². The van der Waals surface area contributed by atoms with Crippen LogP contribution >= 0.6 is 0 Å². The van der Waals surface area contributed by atoms with Gasteiger partial charge in [0.1, 0.15) is 5.75 Å². The maximum absolute atomic E-state index is 12.2. The van der Waals surface area contributed by atoms with Gasteiger partial charge < -0.3 is 20.1 Å². The SMILES string of the molecule is O=C(CC1COCCN1)Nc1ccccc1OC(F)F. The number of hydrogen-bond acceptors (Lipinski definition) is 4. The lowest BCUT2D eigenvalue weighted by Crippen LogP contribution is -2.43. The van der Waals surface area contributed by atoms with Crippen LogP contribution in [-0.4, -0.2) is 38.3 Å². The van der Waals surface area contributed by atoms with E-state index in [1.54, 1.807) is 12.1 Å². The molecule has 1 atom stereocenters. The standard InChI is InChI=1S/C13H16F2N2O3/c14-13(15)20-11-4-2-1-3-10(11)17-12(18)7-9-8-19-6-5-16-9/h1-4,9,13,16H,5-8H2,(H,17,18). The van der Waals surface area contributed by atoms with E-state index in [4.69, 9.17) is 4.74 Å². The number of carbonyl (C=O) groups excluding carboxylic acids is 1. The summed E-state index contributed by atoms with van der Waals surface area (Å²) in [5.41, 5.74) is 0.231. The van der Waals surface area contributed by atoms with Gasteiger partial charge in [-0.25, -0.2) is 0 Å². The fraction of sp³-hybridized carbons (Fsp3) is 0.462. The molecule has 0 spiro atoms. The third-order valence-corrected chi connectivity index (χ3v) is 2.81. The number of para-hydroxylation sites is 2. The molecule has 0 aliphatic carbocycles. The first-order valence-corrected chi connectivity index (χ1v) is 6.30. The summed E-state index contributed by atoms with van der Waals surface area (Å²) in [4.78, 5) is 11.9. The van der Waals surface area contributed by atoms with E-state index < -0.39 is 6.61 Å².